The molecule has 5 nitrogen and oxygen atoms in total. The zero-order chi connectivity index (χ0) is 18.9. The fourth-order valence-electron chi connectivity index (χ4n) is 2.84. The Hall–Kier alpha value is -1.86. The summed E-state index contributed by atoms with van der Waals surface area (Å²) in [6.07, 6.45) is 3.07. The monoisotopic (exact) mass is 387 g/mol. The van der Waals surface area contributed by atoms with Crippen molar-refractivity contribution in [2.24, 2.45) is 0 Å². The highest BCUT2D eigenvalue weighted by atomic mass is 32.2. The van der Waals surface area contributed by atoms with Crippen LogP contribution in [0.15, 0.2) is 53.4 Å². The normalized spacial score (nSPS) is 16.9. The molecule has 144 valence electrons. The second-order valence-corrected chi connectivity index (χ2v) is 7.37. The van der Waals surface area contributed by atoms with Gasteiger partial charge in [-0.15, -0.1) is 11.8 Å². The molecule has 0 bridgehead atoms. The van der Waals surface area contributed by atoms with Gasteiger partial charge in [-0.1, -0.05) is 30.3 Å². The summed E-state index contributed by atoms with van der Waals surface area (Å²) in [6.45, 7) is 1.41. The SMILES string of the molecule is COC(=O)c1ccccc1CSc1ccc(CNOC2CCCCO2)cc1. The van der Waals surface area contributed by atoms with Crippen molar-refractivity contribution in [3.63, 3.8) is 0 Å². The summed E-state index contributed by atoms with van der Waals surface area (Å²) in [4.78, 5) is 18.5. The number of benzene rings is 2. The highest BCUT2D eigenvalue weighted by Crippen LogP contribution is 2.25. The number of carbonyl (C=O) groups excluding carboxylic acids is 1. The Morgan fingerprint density at radius 1 is 1.19 bits per heavy atom. The Labute approximate surface area is 164 Å². The molecule has 1 aliphatic rings. The van der Waals surface area contributed by atoms with Gasteiger partial charge in [-0.05, 0) is 42.2 Å². The van der Waals surface area contributed by atoms with Gasteiger partial charge >= 0.3 is 5.97 Å². The molecule has 1 saturated heterocycles. The minimum Gasteiger partial charge on any atom is -0.465 e. The van der Waals surface area contributed by atoms with E-state index in [2.05, 4.69) is 29.7 Å². The van der Waals surface area contributed by atoms with Crippen LogP contribution in [0, 0.1) is 0 Å². The van der Waals surface area contributed by atoms with Gasteiger partial charge in [0, 0.05) is 30.2 Å². The van der Waals surface area contributed by atoms with Crippen molar-refractivity contribution in [1.82, 2.24) is 5.48 Å². The number of hydroxylamine groups is 1. The molecule has 1 heterocycles. The Balaban J connectivity index is 1.47. The molecule has 0 aromatic heterocycles. The lowest BCUT2D eigenvalue weighted by Crippen LogP contribution is -2.29. The van der Waals surface area contributed by atoms with Gasteiger partial charge in [0.15, 0.2) is 6.29 Å². The number of esters is 1. The van der Waals surface area contributed by atoms with Crippen LogP contribution < -0.4 is 5.48 Å². The van der Waals surface area contributed by atoms with Crippen LogP contribution in [0.25, 0.3) is 0 Å². The van der Waals surface area contributed by atoms with E-state index in [0.717, 1.165) is 41.9 Å². The van der Waals surface area contributed by atoms with E-state index in [1.54, 1.807) is 17.8 Å². The van der Waals surface area contributed by atoms with Crippen LogP contribution in [-0.2, 0) is 26.6 Å². The molecule has 0 amide bonds. The summed E-state index contributed by atoms with van der Waals surface area (Å²) >= 11 is 1.69. The van der Waals surface area contributed by atoms with E-state index in [-0.39, 0.29) is 12.3 Å². The summed E-state index contributed by atoms with van der Waals surface area (Å²) in [5.41, 5.74) is 5.73. The Kier molecular flexibility index (Phi) is 7.71. The number of ether oxygens (including phenoxy) is 2. The van der Waals surface area contributed by atoms with E-state index in [0.29, 0.717) is 17.9 Å². The third kappa shape index (κ3) is 6.07. The second kappa shape index (κ2) is 10.5. The maximum Gasteiger partial charge on any atom is 0.338 e. The van der Waals surface area contributed by atoms with Gasteiger partial charge in [0.25, 0.3) is 0 Å². The number of methoxy groups -OCH3 is 1. The fourth-order valence-corrected chi connectivity index (χ4v) is 3.74. The summed E-state index contributed by atoms with van der Waals surface area (Å²) in [6, 6.07) is 15.9. The van der Waals surface area contributed by atoms with Crippen LogP contribution in [0.3, 0.4) is 0 Å². The van der Waals surface area contributed by atoms with E-state index in [4.69, 9.17) is 14.3 Å². The van der Waals surface area contributed by atoms with E-state index in [1.165, 1.54) is 7.11 Å². The maximum atomic E-state index is 11.8. The first kappa shape index (κ1) is 19.9. The zero-order valence-electron chi connectivity index (χ0n) is 15.5. The first-order valence-corrected chi connectivity index (χ1v) is 10.1. The summed E-state index contributed by atoms with van der Waals surface area (Å²) in [7, 11) is 1.41. The third-order valence-electron chi connectivity index (χ3n) is 4.37. The molecule has 3 rings (SSSR count). The number of thioether (sulfide) groups is 1. The molecule has 27 heavy (non-hydrogen) atoms. The molecule has 6 heteroatoms. The van der Waals surface area contributed by atoms with Crippen molar-refractivity contribution in [3.8, 4) is 0 Å². The molecule has 1 unspecified atom stereocenters. The van der Waals surface area contributed by atoms with Gasteiger partial charge in [0.2, 0.25) is 0 Å². The van der Waals surface area contributed by atoms with E-state index >= 15 is 0 Å². The number of rotatable bonds is 8. The average molecular weight is 388 g/mol. The van der Waals surface area contributed by atoms with Crippen LogP contribution in [0.5, 0.6) is 0 Å². The van der Waals surface area contributed by atoms with Gasteiger partial charge in [-0.2, -0.15) is 5.48 Å². The molecule has 0 spiro atoms. The standard InChI is InChI=1S/C21H25NO4S/c1-24-21(23)19-7-3-2-6-17(19)15-27-18-11-9-16(10-12-18)14-22-26-20-8-4-5-13-25-20/h2-3,6-7,9-12,20,22H,4-5,8,13-15H2,1H3. The lowest BCUT2D eigenvalue weighted by atomic mass is 10.1. The van der Waals surface area contributed by atoms with Gasteiger partial charge in [0.05, 0.1) is 12.7 Å². The van der Waals surface area contributed by atoms with Gasteiger partial charge in [-0.3, -0.25) is 4.84 Å². The molecular weight excluding hydrogens is 362 g/mol. The lowest BCUT2D eigenvalue weighted by molar-refractivity contribution is -0.198. The average Bonchev–Trinajstić information content (AvgIpc) is 2.73. The predicted octanol–water partition coefficient (Wildman–Crippen LogP) is 4.31. The number of carbonyl (C=O) groups is 1. The predicted molar refractivity (Wildman–Crippen MR) is 105 cm³/mol. The smallest absolute Gasteiger partial charge is 0.338 e. The van der Waals surface area contributed by atoms with Crippen LogP contribution in [0.2, 0.25) is 0 Å². The summed E-state index contributed by atoms with van der Waals surface area (Å²) in [5.74, 6) is 0.417. The largest absolute Gasteiger partial charge is 0.465 e. The van der Waals surface area contributed by atoms with Crippen LogP contribution in [0.4, 0.5) is 0 Å². The van der Waals surface area contributed by atoms with E-state index in [9.17, 15) is 4.79 Å². The molecular formula is C21H25NO4S. The quantitative estimate of drug-likeness (QED) is 0.414. The van der Waals surface area contributed by atoms with E-state index in [1.807, 2.05) is 18.2 Å². The molecule has 0 radical (unpaired) electrons. The third-order valence-corrected chi connectivity index (χ3v) is 5.43. The van der Waals surface area contributed by atoms with Crippen LogP contribution in [0.1, 0.15) is 40.7 Å². The van der Waals surface area contributed by atoms with Gasteiger partial charge in [-0.25, -0.2) is 4.79 Å². The van der Waals surface area contributed by atoms with Gasteiger partial charge in [0.1, 0.15) is 0 Å². The van der Waals surface area contributed by atoms with Crippen molar-refractivity contribution in [3.05, 3.63) is 65.2 Å². The number of hydrogen-bond donors (Lipinski definition) is 1. The molecule has 2 aromatic rings. The fraction of sp³-hybridized carbons (Fsp3) is 0.381. The molecule has 0 saturated carbocycles. The van der Waals surface area contributed by atoms with Crippen molar-refractivity contribution in [2.45, 2.75) is 42.7 Å². The maximum absolute atomic E-state index is 11.8. The number of nitrogens with one attached hydrogen (secondary N) is 1. The Morgan fingerprint density at radius 2 is 2.00 bits per heavy atom. The second-order valence-electron chi connectivity index (χ2n) is 6.32. The molecule has 2 aromatic carbocycles. The highest BCUT2D eigenvalue weighted by molar-refractivity contribution is 7.98. The topological polar surface area (TPSA) is 56.8 Å². The Morgan fingerprint density at radius 3 is 2.74 bits per heavy atom. The summed E-state index contributed by atoms with van der Waals surface area (Å²) < 4.78 is 10.4. The van der Waals surface area contributed by atoms with E-state index < -0.39 is 0 Å². The minimum absolute atomic E-state index is 0.136. The van der Waals surface area contributed by atoms with Gasteiger partial charge < -0.3 is 9.47 Å². The first-order valence-electron chi connectivity index (χ1n) is 9.14. The highest BCUT2D eigenvalue weighted by Gasteiger charge is 2.14. The molecule has 1 fully saturated rings. The molecule has 1 aliphatic heterocycles. The molecule has 0 aliphatic carbocycles. The van der Waals surface area contributed by atoms with Crippen molar-refractivity contribution < 1.29 is 19.1 Å². The zero-order valence-corrected chi connectivity index (χ0v) is 16.3. The summed E-state index contributed by atoms with van der Waals surface area (Å²) in [5, 5.41) is 0. The molecule has 1 N–H and O–H groups in total. The van der Waals surface area contributed by atoms with Crippen LogP contribution in [-0.4, -0.2) is 26.0 Å². The van der Waals surface area contributed by atoms with Crippen molar-refractivity contribution in [2.75, 3.05) is 13.7 Å². The Bertz CT molecular complexity index is 729. The first-order chi connectivity index (χ1) is 13.3. The van der Waals surface area contributed by atoms with Crippen LogP contribution >= 0.6 is 11.8 Å². The number of hydrogen-bond acceptors (Lipinski definition) is 6. The lowest BCUT2D eigenvalue weighted by Gasteiger charge is -2.22. The molecule has 1 atom stereocenters. The van der Waals surface area contributed by atoms with Crippen molar-refractivity contribution >= 4 is 17.7 Å². The van der Waals surface area contributed by atoms with Crippen molar-refractivity contribution in [1.29, 1.82) is 0 Å². The minimum atomic E-state index is -0.297.